The molecule has 0 saturated heterocycles. The average molecular weight is 614 g/mol. The van der Waals surface area contributed by atoms with Crippen LogP contribution in [-0.4, -0.2) is 9.13 Å². The number of anilines is 1. The van der Waals surface area contributed by atoms with Crippen LogP contribution in [0.5, 0.6) is 0 Å². The zero-order valence-corrected chi connectivity index (χ0v) is 26.3. The van der Waals surface area contributed by atoms with Gasteiger partial charge in [-0.25, -0.2) is 0 Å². The van der Waals surface area contributed by atoms with Crippen LogP contribution in [0.4, 0.5) is 5.69 Å². The molecular weight excluding hydrogens is 583 g/mol. The van der Waals surface area contributed by atoms with Gasteiger partial charge in [0.2, 0.25) is 0 Å². The number of aromatic nitrogens is 2. The van der Waals surface area contributed by atoms with E-state index in [1.807, 2.05) is 12.1 Å². The average Bonchev–Trinajstić information content (AvgIpc) is 3.77. The molecule has 1 aliphatic rings. The molecule has 2 aromatic heterocycles. The lowest BCUT2D eigenvalue weighted by Gasteiger charge is -2.11. The molecule has 226 valence electrons. The number of hydrogen-bond acceptors (Lipinski definition) is 1. The van der Waals surface area contributed by atoms with Gasteiger partial charge in [-0.1, -0.05) is 109 Å². The third kappa shape index (κ3) is 3.88. The van der Waals surface area contributed by atoms with E-state index >= 15 is 0 Å². The van der Waals surface area contributed by atoms with E-state index in [4.69, 9.17) is 5.73 Å². The lowest BCUT2D eigenvalue weighted by Crippen LogP contribution is -1.96. The molecule has 0 aliphatic heterocycles. The summed E-state index contributed by atoms with van der Waals surface area (Å²) in [7, 11) is 0. The number of para-hydroxylation sites is 3. The van der Waals surface area contributed by atoms with Crippen molar-refractivity contribution in [1.82, 2.24) is 9.13 Å². The van der Waals surface area contributed by atoms with Crippen molar-refractivity contribution >= 4 is 54.9 Å². The number of rotatable bonds is 4. The molecule has 0 radical (unpaired) electrons. The maximum atomic E-state index is 6.52. The lowest BCUT2D eigenvalue weighted by molar-refractivity contribution is 1.16. The quantitative estimate of drug-likeness (QED) is 0.197. The Morgan fingerprint density at radius 3 is 1.65 bits per heavy atom. The predicted molar refractivity (Wildman–Crippen MR) is 202 cm³/mol. The predicted octanol–water partition coefficient (Wildman–Crippen LogP) is 11.1. The minimum Gasteiger partial charge on any atom is -0.398 e. The van der Waals surface area contributed by atoms with Gasteiger partial charge in [0, 0.05) is 44.2 Å². The van der Waals surface area contributed by atoms with Gasteiger partial charge in [-0.15, -0.1) is 0 Å². The van der Waals surface area contributed by atoms with Crippen LogP contribution >= 0.6 is 0 Å². The summed E-state index contributed by atoms with van der Waals surface area (Å²) in [5.74, 6) is 0. The third-order valence-electron chi connectivity index (χ3n) is 10.1. The van der Waals surface area contributed by atoms with Gasteiger partial charge in [0.25, 0.3) is 0 Å². The topological polar surface area (TPSA) is 35.9 Å². The van der Waals surface area contributed by atoms with Crippen LogP contribution in [-0.2, 0) is 6.42 Å². The van der Waals surface area contributed by atoms with E-state index in [0.717, 1.165) is 23.4 Å². The molecular formula is C45H31N3. The van der Waals surface area contributed by atoms with Crippen molar-refractivity contribution in [2.75, 3.05) is 5.73 Å². The maximum Gasteiger partial charge on any atom is 0.0542 e. The van der Waals surface area contributed by atoms with Gasteiger partial charge < -0.3 is 14.9 Å². The molecule has 0 amide bonds. The smallest absolute Gasteiger partial charge is 0.0542 e. The van der Waals surface area contributed by atoms with Crippen LogP contribution in [0.1, 0.15) is 16.7 Å². The Morgan fingerprint density at radius 1 is 0.438 bits per heavy atom. The molecule has 0 fully saturated rings. The van der Waals surface area contributed by atoms with Gasteiger partial charge in [0.15, 0.2) is 0 Å². The molecule has 9 aromatic rings. The standard InChI is InChI=1S/C45H31N3/c46-40-16-9-15-37-32-10-1-2-11-33(32)38(45(37)40)26-22-29-20-23-30(24-21-29)47-43-19-8-5-14-36(43)39-28-31(25-27-44(39)47)48-41-17-6-3-12-34(41)35-13-4-7-18-42(35)48/h1-21,23-28H,22,46H2/b38-26-. The summed E-state index contributed by atoms with van der Waals surface area (Å²) >= 11 is 0. The highest BCUT2D eigenvalue weighted by atomic mass is 15.0. The van der Waals surface area contributed by atoms with E-state index in [9.17, 15) is 0 Å². The molecule has 2 N–H and O–H groups in total. The molecule has 0 spiro atoms. The van der Waals surface area contributed by atoms with Gasteiger partial charge in [-0.2, -0.15) is 0 Å². The summed E-state index contributed by atoms with van der Waals surface area (Å²) in [6.45, 7) is 0. The van der Waals surface area contributed by atoms with E-state index in [1.165, 1.54) is 77.1 Å². The van der Waals surface area contributed by atoms with Crippen LogP contribution in [0.25, 0.3) is 71.7 Å². The fraction of sp³-hybridized carbons (Fsp3) is 0.0222. The molecule has 3 heteroatoms. The number of hydrogen-bond donors (Lipinski definition) is 1. The fourth-order valence-electron chi connectivity index (χ4n) is 7.97. The first kappa shape index (κ1) is 26.9. The van der Waals surface area contributed by atoms with Crippen molar-refractivity contribution in [3.8, 4) is 22.5 Å². The minimum absolute atomic E-state index is 0.826. The minimum atomic E-state index is 0.826. The van der Waals surface area contributed by atoms with Gasteiger partial charge >= 0.3 is 0 Å². The molecule has 3 nitrogen and oxygen atoms in total. The highest BCUT2D eigenvalue weighted by molar-refractivity contribution is 6.12. The van der Waals surface area contributed by atoms with Gasteiger partial charge in [-0.3, -0.25) is 0 Å². The first-order valence-corrected chi connectivity index (χ1v) is 16.5. The van der Waals surface area contributed by atoms with Crippen molar-refractivity contribution in [3.63, 3.8) is 0 Å². The van der Waals surface area contributed by atoms with Crippen molar-refractivity contribution in [2.45, 2.75) is 6.42 Å². The summed E-state index contributed by atoms with van der Waals surface area (Å²) in [5.41, 5.74) is 21.9. The van der Waals surface area contributed by atoms with Gasteiger partial charge in [0.1, 0.15) is 0 Å². The molecule has 10 rings (SSSR count). The summed E-state index contributed by atoms with van der Waals surface area (Å²) < 4.78 is 4.79. The van der Waals surface area contributed by atoms with Gasteiger partial charge in [-0.05, 0) is 88.8 Å². The van der Waals surface area contributed by atoms with Crippen LogP contribution in [0.3, 0.4) is 0 Å². The maximum absolute atomic E-state index is 6.52. The normalized spacial score (nSPS) is 13.2. The SMILES string of the molecule is Nc1cccc2c1/C(=C\Cc1ccc(-n3c4ccccc4c4cc(-n5c6ccccc6c6ccccc65)ccc43)cc1)c1ccccc1-2. The summed E-state index contributed by atoms with van der Waals surface area (Å²) in [6, 6.07) is 56.9. The van der Waals surface area contributed by atoms with Crippen molar-refractivity contribution in [3.05, 3.63) is 180 Å². The van der Waals surface area contributed by atoms with E-state index in [2.05, 4.69) is 161 Å². The largest absolute Gasteiger partial charge is 0.398 e. The highest BCUT2D eigenvalue weighted by Crippen LogP contribution is 2.46. The van der Waals surface area contributed by atoms with E-state index in [1.54, 1.807) is 0 Å². The number of nitrogens with two attached hydrogens (primary N) is 1. The van der Waals surface area contributed by atoms with E-state index in [-0.39, 0.29) is 0 Å². The first-order chi connectivity index (χ1) is 23.7. The zero-order valence-electron chi connectivity index (χ0n) is 26.3. The van der Waals surface area contributed by atoms with Crippen molar-refractivity contribution in [2.24, 2.45) is 0 Å². The Bertz CT molecular complexity index is 2700. The Morgan fingerprint density at radius 2 is 0.958 bits per heavy atom. The second-order valence-electron chi connectivity index (χ2n) is 12.7. The van der Waals surface area contributed by atoms with E-state index in [0.29, 0.717) is 0 Å². The number of nitrogen functional groups attached to an aromatic ring is 1. The molecule has 48 heavy (non-hydrogen) atoms. The molecule has 0 atom stereocenters. The molecule has 0 saturated carbocycles. The summed E-state index contributed by atoms with van der Waals surface area (Å²) in [6.07, 6.45) is 3.17. The van der Waals surface area contributed by atoms with Crippen molar-refractivity contribution < 1.29 is 0 Å². The number of fused-ring (bicyclic) bond motifs is 9. The monoisotopic (exact) mass is 613 g/mol. The number of allylic oxidation sites excluding steroid dienone is 1. The second kappa shape index (κ2) is 10.3. The summed E-state index contributed by atoms with van der Waals surface area (Å²) in [5, 5.41) is 5.04. The Kier molecular flexibility index (Phi) is 5.79. The zero-order chi connectivity index (χ0) is 31.8. The van der Waals surface area contributed by atoms with Crippen LogP contribution in [0.2, 0.25) is 0 Å². The first-order valence-electron chi connectivity index (χ1n) is 16.5. The Balaban J connectivity index is 1.06. The third-order valence-corrected chi connectivity index (χ3v) is 10.1. The Labute approximate surface area is 278 Å². The van der Waals surface area contributed by atoms with Crippen molar-refractivity contribution in [1.29, 1.82) is 0 Å². The fourth-order valence-corrected chi connectivity index (χ4v) is 7.97. The molecule has 1 aliphatic carbocycles. The van der Waals surface area contributed by atoms with Crippen LogP contribution < -0.4 is 5.73 Å². The molecule has 0 unspecified atom stereocenters. The second-order valence-corrected chi connectivity index (χ2v) is 12.7. The lowest BCUT2D eigenvalue weighted by atomic mass is 10.00. The molecule has 0 bridgehead atoms. The summed E-state index contributed by atoms with van der Waals surface area (Å²) in [4.78, 5) is 0. The van der Waals surface area contributed by atoms with E-state index < -0.39 is 0 Å². The van der Waals surface area contributed by atoms with Crippen LogP contribution in [0, 0.1) is 0 Å². The molecule has 7 aromatic carbocycles. The number of benzene rings is 7. The van der Waals surface area contributed by atoms with Crippen LogP contribution in [0.15, 0.2) is 164 Å². The highest BCUT2D eigenvalue weighted by Gasteiger charge is 2.24. The number of nitrogens with zero attached hydrogens (tertiary/aromatic N) is 2. The molecule has 2 heterocycles. The Hall–Kier alpha value is -6.32. The van der Waals surface area contributed by atoms with Gasteiger partial charge in [0.05, 0.1) is 22.1 Å².